The second kappa shape index (κ2) is 12.1. The molecule has 1 aromatic carbocycles. The summed E-state index contributed by atoms with van der Waals surface area (Å²) < 4.78 is 46.0. The molecule has 2 amide bonds. The number of alkyl halides is 3. The molecule has 0 saturated carbocycles. The minimum Gasteiger partial charge on any atom is -0.378 e. The number of rotatable bonds is 10. The molecule has 1 aliphatic heterocycles. The highest BCUT2D eigenvalue weighted by molar-refractivity contribution is 6.09. The predicted octanol–water partition coefficient (Wildman–Crippen LogP) is 3.89. The van der Waals surface area contributed by atoms with Gasteiger partial charge in [-0.15, -0.1) is 0 Å². The predicted molar refractivity (Wildman–Crippen MR) is 142 cm³/mol. The molecule has 2 aromatic rings. The number of halogens is 3. The highest BCUT2D eigenvalue weighted by Gasteiger charge is 2.41. The fraction of sp³-hybridized carbons (Fsp3) is 0.519. The lowest BCUT2D eigenvalue weighted by Gasteiger charge is -2.32. The molecular formula is C27H36F3N5O3. The first-order valence-corrected chi connectivity index (χ1v) is 12.5. The molecule has 1 fully saturated rings. The first-order chi connectivity index (χ1) is 17.8. The Bertz CT molecular complexity index is 1160. The number of ether oxygens (including phenoxy) is 1. The molecule has 2 heterocycles. The van der Waals surface area contributed by atoms with Crippen molar-refractivity contribution in [2.45, 2.75) is 38.9 Å². The van der Waals surface area contributed by atoms with E-state index in [-0.39, 0.29) is 24.4 Å². The van der Waals surface area contributed by atoms with Crippen LogP contribution in [0.3, 0.4) is 0 Å². The third-order valence-electron chi connectivity index (χ3n) is 6.56. The summed E-state index contributed by atoms with van der Waals surface area (Å²) in [5, 5.41) is 0. The normalized spacial score (nSPS) is 15.9. The van der Waals surface area contributed by atoms with Gasteiger partial charge in [0.1, 0.15) is 11.9 Å². The molecule has 1 atom stereocenters. The van der Waals surface area contributed by atoms with Crippen LogP contribution < -0.4 is 14.7 Å². The van der Waals surface area contributed by atoms with Crippen LogP contribution in [0.2, 0.25) is 0 Å². The number of hydrogen-bond acceptors (Lipinski definition) is 6. The van der Waals surface area contributed by atoms with Crippen molar-refractivity contribution >= 4 is 29.0 Å². The molecule has 3 rings (SSSR count). The average Bonchev–Trinajstić information content (AvgIpc) is 3.22. The third kappa shape index (κ3) is 6.82. The molecule has 1 unspecified atom stereocenters. The van der Waals surface area contributed by atoms with Crippen molar-refractivity contribution in [2.24, 2.45) is 0 Å². The van der Waals surface area contributed by atoms with Crippen LogP contribution in [-0.4, -0.2) is 82.2 Å². The second-order valence-electron chi connectivity index (χ2n) is 9.85. The first-order valence-electron chi connectivity index (χ1n) is 12.5. The minimum atomic E-state index is -4.60. The van der Waals surface area contributed by atoms with Crippen molar-refractivity contribution in [3.05, 3.63) is 47.2 Å². The Labute approximate surface area is 222 Å². The molecule has 38 heavy (non-hydrogen) atoms. The summed E-state index contributed by atoms with van der Waals surface area (Å²) >= 11 is 0. The van der Waals surface area contributed by atoms with Crippen LogP contribution >= 0.6 is 0 Å². The van der Waals surface area contributed by atoms with Crippen molar-refractivity contribution in [2.75, 3.05) is 69.2 Å². The highest BCUT2D eigenvalue weighted by atomic mass is 19.4. The van der Waals surface area contributed by atoms with Gasteiger partial charge in [-0.1, -0.05) is 12.1 Å². The standard InChI is InChI=1S/C27H36F3N5O3/c1-18-8-7-9-21(25(18)33(5)13-15-38-14-12-32(3)4)34(6)26(37)22-10-11-24(36)35(22)23-17-20(27(28,29)30)16-19(2)31-23/h7-9,16-17,22H,10-15H2,1-6H3. The Hall–Kier alpha value is -3.18. The lowest BCUT2D eigenvalue weighted by molar-refractivity contribution is -0.137. The molecule has 0 radical (unpaired) electrons. The lowest BCUT2D eigenvalue weighted by atomic mass is 10.1. The molecule has 0 bridgehead atoms. The van der Waals surface area contributed by atoms with Crippen LogP contribution in [0.25, 0.3) is 0 Å². The molecular weight excluding hydrogens is 499 g/mol. The van der Waals surface area contributed by atoms with Gasteiger partial charge < -0.3 is 19.4 Å². The number of likely N-dealkylation sites (N-methyl/N-ethyl adjacent to an activating group) is 3. The van der Waals surface area contributed by atoms with E-state index in [1.165, 1.54) is 11.8 Å². The Balaban J connectivity index is 1.85. The van der Waals surface area contributed by atoms with E-state index in [1.807, 2.05) is 56.1 Å². The second-order valence-corrected chi connectivity index (χ2v) is 9.85. The minimum absolute atomic E-state index is 0.0477. The van der Waals surface area contributed by atoms with E-state index in [2.05, 4.69) is 4.98 Å². The van der Waals surface area contributed by atoms with E-state index in [1.54, 1.807) is 7.05 Å². The Morgan fingerprint density at radius 1 is 1.11 bits per heavy atom. The Morgan fingerprint density at radius 3 is 2.45 bits per heavy atom. The molecule has 8 nitrogen and oxygen atoms in total. The fourth-order valence-electron chi connectivity index (χ4n) is 4.56. The van der Waals surface area contributed by atoms with Crippen LogP contribution in [0.15, 0.2) is 30.3 Å². The Morgan fingerprint density at radius 2 is 1.79 bits per heavy atom. The number of aromatic nitrogens is 1. The van der Waals surface area contributed by atoms with E-state index in [4.69, 9.17) is 4.74 Å². The first kappa shape index (κ1) is 29.4. The van der Waals surface area contributed by atoms with Gasteiger partial charge in [0, 0.05) is 39.3 Å². The van der Waals surface area contributed by atoms with E-state index in [0.717, 1.165) is 34.8 Å². The van der Waals surface area contributed by atoms with Gasteiger partial charge >= 0.3 is 6.18 Å². The van der Waals surface area contributed by atoms with Crippen LogP contribution in [0, 0.1) is 13.8 Å². The summed E-state index contributed by atoms with van der Waals surface area (Å²) in [5.41, 5.74) is 1.63. The van der Waals surface area contributed by atoms with Crippen molar-refractivity contribution in [1.82, 2.24) is 9.88 Å². The lowest BCUT2D eigenvalue weighted by Crippen LogP contribution is -2.46. The number of para-hydroxylation sites is 1. The molecule has 208 valence electrons. The van der Waals surface area contributed by atoms with Crippen LogP contribution in [0.4, 0.5) is 30.4 Å². The van der Waals surface area contributed by atoms with E-state index >= 15 is 0 Å². The van der Waals surface area contributed by atoms with Crippen molar-refractivity contribution in [3.63, 3.8) is 0 Å². The van der Waals surface area contributed by atoms with Gasteiger partial charge in [0.25, 0.3) is 0 Å². The maximum atomic E-state index is 13.7. The molecule has 1 aromatic heterocycles. The van der Waals surface area contributed by atoms with Crippen molar-refractivity contribution in [1.29, 1.82) is 0 Å². The van der Waals surface area contributed by atoms with Crippen molar-refractivity contribution in [3.8, 4) is 0 Å². The number of carbonyl (C=O) groups excluding carboxylic acids is 2. The summed E-state index contributed by atoms with van der Waals surface area (Å²) in [5.74, 6) is -0.988. The van der Waals surface area contributed by atoms with Gasteiger partial charge in [-0.3, -0.25) is 14.5 Å². The van der Waals surface area contributed by atoms with Gasteiger partial charge in [-0.2, -0.15) is 13.2 Å². The van der Waals surface area contributed by atoms with E-state index < -0.39 is 29.6 Å². The maximum Gasteiger partial charge on any atom is 0.416 e. The fourth-order valence-corrected chi connectivity index (χ4v) is 4.56. The average molecular weight is 536 g/mol. The Kier molecular flexibility index (Phi) is 9.37. The van der Waals surface area contributed by atoms with Gasteiger partial charge in [-0.25, -0.2) is 4.98 Å². The van der Waals surface area contributed by atoms with E-state index in [9.17, 15) is 22.8 Å². The number of benzene rings is 1. The van der Waals surface area contributed by atoms with Gasteiger partial charge in [0.2, 0.25) is 11.8 Å². The zero-order chi connectivity index (χ0) is 28.2. The number of hydrogen-bond donors (Lipinski definition) is 0. The van der Waals surface area contributed by atoms with Gasteiger partial charge in [0.15, 0.2) is 0 Å². The molecule has 1 saturated heterocycles. The highest BCUT2D eigenvalue weighted by Crippen LogP contribution is 2.36. The number of amides is 2. The van der Waals surface area contributed by atoms with Crippen molar-refractivity contribution < 1.29 is 27.5 Å². The molecule has 0 spiro atoms. The van der Waals surface area contributed by atoms with Gasteiger partial charge in [0.05, 0.1) is 30.2 Å². The molecule has 0 N–H and O–H groups in total. The SMILES string of the molecule is Cc1cc(C(F)(F)F)cc(N2C(=O)CCC2C(=O)N(C)c2cccc(C)c2N(C)CCOCCN(C)C)n1. The van der Waals surface area contributed by atoms with Gasteiger partial charge in [-0.05, 0) is 58.1 Å². The molecule has 11 heteroatoms. The topological polar surface area (TPSA) is 69.2 Å². The van der Waals surface area contributed by atoms with Crippen LogP contribution in [-0.2, 0) is 20.5 Å². The van der Waals surface area contributed by atoms with Crippen LogP contribution in [0.5, 0.6) is 0 Å². The number of carbonyl (C=O) groups is 2. The summed E-state index contributed by atoms with van der Waals surface area (Å²) in [4.78, 5) is 37.3. The molecule has 0 aliphatic carbocycles. The third-order valence-corrected chi connectivity index (χ3v) is 6.56. The number of anilines is 3. The zero-order valence-electron chi connectivity index (χ0n) is 22.8. The number of nitrogens with zero attached hydrogens (tertiary/aromatic N) is 5. The smallest absolute Gasteiger partial charge is 0.378 e. The summed E-state index contributed by atoms with van der Waals surface area (Å²) in [7, 11) is 7.49. The summed E-state index contributed by atoms with van der Waals surface area (Å²) in [6, 6.07) is 6.40. The monoisotopic (exact) mass is 535 g/mol. The largest absolute Gasteiger partial charge is 0.416 e. The number of pyridine rings is 1. The van der Waals surface area contributed by atoms with Crippen LogP contribution in [0.1, 0.15) is 29.7 Å². The molecule has 1 aliphatic rings. The zero-order valence-corrected chi connectivity index (χ0v) is 22.8. The summed E-state index contributed by atoms with van der Waals surface area (Å²) in [6.45, 7) is 5.89. The number of aryl methyl sites for hydroxylation is 2. The maximum absolute atomic E-state index is 13.7. The summed E-state index contributed by atoms with van der Waals surface area (Å²) in [6.07, 6.45) is -4.36. The van der Waals surface area contributed by atoms with E-state index in [0.29, 0.717) is 25.4 Å². The quantitative estimate of drug-likeness (QED) is 0.430.